The van der Waals surface area contributed by atoms with Gasteiger partial charge in [-0.25, -0.2) is 0 Å². The van der Waals surface area contributed by atoms with Crippen molar-refractivity contribution in [1.29, 1.82) is 0 Å². The molecule has 2 atom stereocenters. The van der Waals surface area contributed by atoms with Gasteiger partial charge in [0.1, 0.15) is 5.50 Å². The molecule has 1 amide bonds. The van der Waals surface area contributed by atoms with Crippen LogP contribution in [0.4, 0.5) is 0 Å². The van der Waals surface area contributed by atoms with Gasteiger partial charge in [-0.1, -0.05) is 42.5 Å². The van der Waals surface area contributed by atoms with Crippen molar-refractivity contribution in [2.45, 2.75) is 18.0 Å². The molecule has 2 aromatic carbocycles. The Labute approximate surface area is 152 Å². The van der Waals surface area contributed by atoms with E-state index in [-0.39, 0.29) is 17.4 Å². The van der Waals surface area contributed by atoms with Gasteiger partial charge < -0.3 is 14.8 Å². The topological polar surface area (TPSA) is 59.6 Å². The van der Waals surface area contributed by atoms with Gasteiger partial charge >= 0.3 is 0 Å². The molecule has 5 nitrogen and oxygen atoms in total. The number of thioether (sulfide) groups is 1. The van der Waals surface area contributed by atoms with Crippen molar-refractivity contribution >= 4 is 17.7 Å². The predicted octanol–water partition coefficient (Wildman–Crippen LogP) is 2.94. The lowest BCUT2D eigenvalue weighted by molar-refractivity contribution is -0.123. The highest BCUT2D eigenvalue weighted by molar-refractivity contribution is 7.99. The Kier molecular flexibility index (Phi) is 6.19. The summed E-state index contributed by atoms with van der Waals surface area (Å²) in [6.45, 7) is 0.537. The Morgan fingerprint density at radius 1 is 1.08 bits per heavy atom. The van der Waals surface area contributed by atoms with Crippen molar-refractivity contribution in [1.82, 2.24) is 10.6 Å². The lowest BCUT2D eigenvalue weighted by Gasteiger charge is -2.31. The number of hydrogen-bond donors (Lipinski definition) is 2. The minimum absolute atomic E-state index is 0.0441. The van der Waals surface area contributed by atoms with E-state index in [9.17, 15) is 4.79 Å². The average molecular weight is 358 g/mol. The highest BCUT2D eigenvalue weighted by atomic mass is 32.2. The van der Waals surface area contributed by atoms with Gasteiger partial charge in [-0.05, 0) is 17.7 Å². The molecule has 0 saturated carbocycles. The van der Waals surface area contributed by atoms with E-state index < -0.39 is 0 Å². The number of carbonyl (C=O) groups is 1. The van der Waals surface area contributed by atoms with Crippen molar-refractivity contribution in [3.8, 4) is 11.5 Å². The molecule has 25 heavy (non-hydrogen) atoms. The molecule has 2 unspecified atom stereocenters. The van der Waals surface area contributed by atoms with Gasteiger partial charge in [0.05, 0.1) is 13.7 Å². The second kappa shape index (κ2) is 8.78. The van der Waals surface area contributed by atoms with Gasteiger partial charge in [0.2, 0.25) is 5.91 Å². The minimum atomic E-state index is -0.118. The third-order valence-corrected chi connectivity index (χ3v) is 4.92. The lowest BCUT2D eigenvalue weighted by Crippen LogP contribution is -2.51. The second-order valence-corrected chi connectivity index (χ2v) is 6.86. The number of para-hydroxylation sites is 2. The first-order valence-corrected chi connectivity index (χ1v) is 9.29. The number of nitrogens with one attached hydrogen (secondary N) is 2. The molecule has 2 aromatic rings. The SMILES string of the molecule is COc1ccccc1OCCSC1NC(=O)CC(c2ccccc2)N1. The summed E-state index contributed by atoms with van der Waals surface area (Å²) in [5.74, 6) is 2.27. The zero-order valence-electron chi connectivity index (χ0n) is 14.1. The highest BCUT2D eigenvalue weighted by Crippen LogP contribution is 2.26. The van der Waals surface area contributed by atoms with Crippen molar-refractivity contribution in [3.05, 3.63) is 60.2 Å². The predicted molar refractivity (Wildman–Crippen MR) is 99.8 cm³/mol. The fraction of sp³-hybridized carbons (Fsp3) is 0.316. The van der Waals surface area contributed by atoms with Gasteiger partial charge in [0, 0.05) is 18.2 Å². The molecule has 0 radical (unpaired) electrons. The van der Waals surface area contributed by atoms with Gasteiger partial charge in [0.25, 0.3) is 0 Å². The van der Waals surface area contributed by atoms with Crippen LogP contribution in [-0.2, 0) is 4.79 Å². The van der Waals surface area contributed by atoms with Crippen LogP contribution < -0.4 is 20.1 Å². The van der Waals surface area contributed by atoms with Crippen molar-refractivity contribution in [2.24, 2.45) is 0 Å². The molecular weight excluding hydrogens is 336 g/mol. The molecule has 0 bridgehead atoms. The van der Waals surface area contributed by atoms with Crippen LogP contribution in [0, 0.1) is 0 Å². The maximum atomic E-state index is 12.0. The van der Waals surface area contributed by atoms with Gasteiger partial charge in [0.15, 0.2) is 11.5 Å². The zero-order chi connectivity index (χ0) is 17.5. The molecule has 1 saturated heterocycles. The van der Waals surface area contributed by atoms with Crippen LogP contribution in [0.3, 0.4) is 0 Å². The smallest absolute Gasteiger partial charge is 0.223 e. The summed E-state index contributed by atoms with van der Waals surface area (Å²) in [7, 11) is 1.63. The summed E-state index contributed by atoms with van der Waals surface area (Å²) in [4.78, 5) is 12.0. The highest BCUT2D eigenvalue weighted by Gasteiger charge is 2.26. The Balaban J connectivity index is 1.48. The van der Waals surface area contributed by atoms with Crippen LogP contribution in [0.5, 0.6) is 11.5 Å². The van der Waals surface area contributed by atoms with Crippen LogP contribution in [0.2, 0.25) is 0 Å². The Morgan fingerprint density at radius 2 is 1.80 bits per heavy atom. The number of rotatable bonds is 7. The maximum Gasteiger partial charge on any atom is 0.223 e. The van der Waals surface area contributed by atoms with Crippen molar-refractivity contribution < 1.29 is 14.3 Å². The average Bonchev–Trinajstić information content (AvgIpc) is 2.66. The quantitative estimate of drug-likeness (QED) is 0.745. The molecule has 0 aliphatic carbocycles. The van der Waals surface area contributed by atoms with Crippen LogP contribution in [-0.4, -0.2) is 30.9 Å². The van der Waals surface area contributed by atoms with E-state index in [1.807, 2.05) is 54.6 Å². The fourth-order valence-electron chi connectivity index (χ4n) is 2.72. The van der Waals surface area contributed by atoms with E-state index in [4.69, 9.17) is 9.47 Å². The van der Waals surface area contributed by atoms with Crippen LogP contribution in [0.1, 0.15) is 18.0 Å². The summed E-state index contributed by atoms with van der Waals surface area (Å²) in [6, 6.07) is 17.7. The number of ether oxygens (including phenoxy) is 2. The number of benzene rings is 2. The molecule has 1 heterocycles. The summed E-state index contributed by atoms with van der Waals surface area (Å²) < 4.78 is 11.0. The summed E-state index contributed by atoms with van der Waals surface area (Å²) >= 11 is 1.62. The lowest BCUT2D eigenvalue weighted by atomic mass is 10.0. The molecule has 1 aliphatic heterocycles. The van der Waals surface area contributed by atoms with E-state index in [0.717, 1.165) is 22.8 Å². The monoisotopic (exact) mass is 358 g/mol. The molecule has 3 rings (SSSR count). The van der Waals surface area contributed by atoms with Gasteiger partial charge in [-0.15, -0.1) is 11.8 Å². The van der Waals surface area contributed by atoms with Crippen LogP contribution in [0.25, 0.3) is 0 Å². The minimum Gasteiger partial charge on any atom is -0.493 e. The largest absolute Gasteiger partial charge is 0.493 e. The Hall–Kier alpha value is -2.18. The molecule has 0 aromatic heterocycles. The first-order valence-electron chi connectivity index (χ1n) is 8.24. The first kappa shape index (κ1) is 17.6. The van der Waals surface area contributed by atoms with Gasteiger partial charge in [-0.2, -0.15) is 0 Å². The third kappa shape index (κ3) is 4.90. The molecular formula is C19H22N2O3S. The Morgan fingerprint density at radius 3 is 2.56 bits per heavy atom. The Bertz CT molecular complexity index is 696. The number of hydrogen-bond acceptors (Lipinski definition) is 5. The molecule has 0 spiro atoms. The number of carbonyl (C=O) groups excluding carboxylic acids is 1. The normalized spacial score (nSPS) is 20.0. The van der Waals surface area contributed by atoms with E-state index >= 15 is 0 Å². The second-order valence-electron chi connectivity index (χ2n) is 5.65. The molecule has 6 heteroatoms. The van der Waals surface area contributed by atoms with Gasteiger partial charge in [-0.3, -0.25) is 10.1 Å². The summed E-state index contributed by atoms with van der Waals surface area (Å²) in [5.41, 5.74) is 1.01. The van der Waals surface area contributed by atoms with E-state index in [2.05, 4.69) is 10.6 Å². The molecule has 1 aliphatic rings. The fourth-order valence-corrected chi connectivity index (χ4v) is 3.61. The number of amides is 1. The van der Waals surface area contributed by atoms with Crippen molar-refractivity contribution in [2.75, 3.05) is 19.5 Å². The van der Waals surface area contributed by atoms with Crippen LogP contribution in [0.15, 0.2) is 54.6 Å². The van der Waals surface area contributed by atoms with E-state index in [0.29, 0.717) is 13.0 Å². The van der Waals surface area contributed by atoms with E-state index in [1.165, 1.54) is 0 Å². The zero-order valence-corrected chi connectivity index (χ0v) is 14.9. The van der Waals surface area contributed by atoms with E-state index in [1.54, 1.807) is 18.9 Å². The summed E-state index contributed by atoms with van der Waals surface area (Å²) in [5, 5.41) is 6.44. The standard InChI is InChI=1S/C19H22N2O3S/c1-23-16-9-5-6-10-17(16)24-11-12-25-19-20-15(13-18(22)21-19)14-7-3-2-4-8-14/h2-10,15,19-20H,11-13H2,1H3,(H,21,22). The van der Waals surface area contributed by atoms with Crippen LogP contribution >= 0.6 is 11.8 Å². The number of methoxy groups -OCH3 is 1. The maximum absolute atomic E-state index is 12.0. The first-order chi connectivity index (χ1) is 12.3. The molecule has 2 N–H and O–H groups in total. The van der Waals surface area contributed by atoms with Crippen molar-refractivity contribution in [3.63, 3.8) is 0 Å². The molecule has 132 valence electrons. The third-order valence-electron chi connectivity index (χ3n) is 3.93. The summed E-state index contributed by atoms with van der Waals surface area (Å²) in [6.07, 6.45) is 0.457. The molecule has 1 fully saturated rings.